The van der Waals surface area contributed by atoms with Crippen LogP contribution in [-0.4, -0.2) is 44.5 Å². The standard InChI is InChI=1S/C26H24N2O7S/c1-17-3-6-19(7-4-17)28-25(29)14-22(26(28)30)27(15-18-5-12-23-24(13-18)35-16-34-23)36(31,32)21-10-8-20(33-2)9-11-21/h3-13,22H,14-16H2,1-2H3. The predicted octanol–water partition coefficient (Wildman–Crippen LogP) is 3.26. The van der Waals surface area contributed by atoms with Crippen molar-refractivity contribution in [3.8, 4) is 17.2 Å². The summed E-state index contributed by atoms with van der Waals surface area (Å²) >= 11 is 0. The molecule has 0 aromatic heterocycles. The summed E-state index contributed by atoms with van der Waals surface area (Å²) in [5.41, 5.74) is 1.97. The second-order valence-corrected chi connectivity index (χ2v) is 10.4. The number of nitrogens with zero attached hydrogens (tertiary/aromatic N) is 2. The molecule has 1 saturated heterocycles. The fourth-order valence-corrected chi connectivity index (χ4v) is 5.84. The van der Waals surface area contributed by atoms with Crippen LogP contribution in [-0.2, 0) is 26.2 Å². The number of sulfonamides is 1. The molecule has 0 spiro atoms. The predicted molar refractivity (Wildman–Crippen MR) is 130 cm³/mol. The van der Waals surface area contributed by atoms with Crippen molar-refractivity contribution in [2.75, 3.05) is 18.8 Å². The molecule has 186 valence electrons. The Morgan fingerprint density at radius 2 is 1.67 bits per heavy atom. The zero-order chi connectivity index (χ0) is 25.4. The Kier molecular flexibility index (Phi) is 6.15. The number of fused-ring (bicyclic) bond motifs is 1. The molecule has 2 heterocycles. The average molecular weight is 509 g/mol. The van der Waals surface area contributed by atoms with Gasteiger partial charge in [0.1, 0.15) is 11.8 Å². The van der Waals surface area contributed by atoms with Crippen LogP contribution >= 0.6 is 0 Å². The fraction of sp³-hybridized carbons (Fsp3) is 0.231. The van der Waals surface area contributed by atoms with Gasteiger partial charge in [-0.15, -0.1) is 0 Å². The van der Waals surface area contributed by atoms with Crippen molar-refractivity contribution < 1.29 is 32.2 Å². The quantitative estimate of drug-likeness (QED) is 0.452. The second kappa shape index (κ2) is 9.29. The third kappa shape index (κ3) is 4.29. The molecular formula is C26H24N2O7S. The van der Waals surface area contributed by atoms with E-state index in [1.807, 2.05) is 6.92 Å². The molecule has 0 bridgehead atoms. The highest BCUT2D eigenvalue weighted by Crippen LogP contribution is 2.35. The van der Waals surface area contributed by atoms with Gasteiger partial charge in [-0.25, -0.2) is 13.3 Å². The van der Waals surface area contributed by atoms with Crippen LogP contribution in [0.3, 0.4) is 0 Å². The summed E-state index contributed by atoms with van der Waals surface area (Å²) in [5.74, 6) is 0.482. The molecule has 10 heteroatoms. The maximum absolute atomic E-state index is 13.8. The molecule has 2 aliphatic heterocycles. The minimum atomic E-state index is -4.18. The van der Waals surface area contributed by atoms with Gasteiger partial charge in [-0.2, -0.15) is 4.31 Å². The Hall–Kier alpha value is -3.89. The monoisotopic (exact) mass is 508 g/mol. The first kappa shape index (κ1) is 23.8. The molecule has 2 amide bonds. The van der Waals surface area contributed by atoms with Crippen molar-refractivity contribution in [1.29, 1.82) is 0 Å². The van der Waals surface area contributed by atoms with E-state index in [1.54, 1.807) is 42.5 Å². The summed E-state index contributed by atoms with van der Waals surface area (Å²) in [6.07, 6.45) is -0.271. The highest BCUT2D eigenvalue weighted by atomic mass is 32.2. The zero-order valence-electron chi connectivity index (χ0n) is 19.7. The summed E-state index contributed by atoms with van der Waals surface area (Å²) < 4.78 is 44.7. The minimum absolute atomic E-state index is 0.0157. The van der Waals surface area contributed by atoms with Crippen molar-refractivity contribution in [3.63, 3.8) is 0 Å². The van der Waals surface area contributed by atoms with Crippen molar-refractivity contribution in [1.82, 2.24) is 4.31 Å². The van der Waals surface area contributed by atoms with Crippen molar-refractivity contribution in [2.45, 2.75) is 30.8 Å². The third-order valence-corrected chi connectivity index (χ3v) is 8.07. The van der Waals surface area contributed by atoms with Gasteiger partial charge in [-0.3, -0.25) is 9.59 Å². The first-order chi connectivity index (χ1) is 17.3. The van der Waals surface area contributed by atoms with Crippen molar-refractivity contribution >= 4 is 27.5 Å². The van der Waals surface area contributed by atoms with Gasteiger partial charge in [0.2, 0.25) is 22.7 Å². The lowest BCUT2D eigenvalue weighted by molar-refractivity contribution is -0.122. The number of methoxy groups -OCH3 is 1. The van der Waals surface area contributed by atoms with Gasteiger partial charge in [-0.05, 0) is 61.0 Å². The van der Waals surface area contributed by atoms with Crippen LogP contribution in [0.5, 0.6) is 17.2 Å². The van der Waals surface area contributed by atoms with Gasteiger partial charge < -0.3 is 14.2 Å². The van der Waals surface area contributed by atoms with E-state index in [1.165, 1.54) is 31.4 Å². The van der Waals surface area contributed by atoms with Gasteiger partial charge >= 0.3 is 0 Å². The molecule has 5 rings (SSSR count). The lowest BCUT2D eigenvalue weighted by atomic mass is 10.1. The van der Waals surface area contributed by atoms with E-state index in [9.17, 15) is 18.0 Å². The summed E-state index contributed by atoms with van der Waals surface area (Å²) in [5, 5.41) is 0. The number of hydrogen-bond acceptors (Lipinski definition) is 7. The summed E-state index contributed by atoms with van der Waals surface area (Å²) in [4.78, 5) is 27.5. The highest BCUT2D eigenvalue weighted by Gasteiger charge is 2.47. The SMILES string of the molecule is COc1ccc(S(=O)(=O)N(Cc2ccc3c(c2)OCO3)C2CC(=O)N(c3ccc(C)cc3)C2=O)cc1. The number of benzene rings is 3. The fourth-order valence-electron chi connectivity index (χ4n) is 4.27. The number of carbonyl (C=O) groups is 2. The number of hydrogen-bond donors (Lipinski definition) is 0. The lowest BCUT2D eigenvalue weighted by Gasteiger charge is -2.27. The Morgan fingerprint density at radius 3 is 2.36 bits per heavy atom. The Morgan fingerprint density at radius 1 is 0.972 bits per heavy atom. The van der Waals surface area contributed by atoms with Gasteiger partial charge in [-0.1, -0.05) is 23.8 Å². The van der Waals surface area contributed by atoms with Crippen LogP contribution in [0.15, 0.2) is 71.6 Å². The third-order valence-electron chi connectivity index (χ3n) is 6.20. The largest absolute Gasteiger partial charge is 0.497 e. The normalized spacial score (nSPS) is 17.2. The van der Waals surface area contributed by atoms with Gasteiger partial charge in [0, 0.05) is 6.54 Å². The van der Waals surface area contributed by atoms with E-state index in [4.69, 9.17) is 14.2 Å². The number of rotatable bonds is 7. The molecule has 1 unspecified atom stereocenters. The molecule has 3 aromatic carbocycles. The molecule has 3 aromatic rings. The zero-order valence-corrected chi connectivity index (χ0v) is 20.5. The Bertz CT molecular complexity index is 1420. The maximum atomic E-state index is 13.8. The topological polar surface area (TPSA) is 102 Å². The van der Waals surface area contributed by atoms with Crippen LogP contribution in [0.4, 0.5) is 5.69 Å². The van der Waals surface area contributed by atoms with E-state index in [2.05, 4.69) is 0 Å². The van der Waals surface area contributed by atoms with Crippen LogP contribution in [0.2, 0.25) is 0 Å². The van der Waals surface area contributed by atoms with Crippen molar-refractivity contribution in [2.24, 2.45) is 0 Å². The summed E-state index contributed by atoms with van der Waals surface area (Å²) in [6, 6.07) is 16.7. The summed E-state index contributed by atoms with van der Waals surface area (Å²) in [6.45, 7) is 1.83. The van der Waals surface area contributed by atoms with E-state index in [0.717, 1.165) is 14.8 Å². The molecule has 36 heavy (non-hydrogen) atoms. The van der Waals surface area contributed by atoms with Crippen LogP contribution in [0.1, 0.15) is 17.5 Å². The molecule has 1 fully saturated rings. The number of aryl methyl sites for hydroxylation is 1. The summed E-state index contributed by atoms with van der Waals surface area (Å²) in [7, 11) is -2.70. The number of amides is 2. The van der Waals surface area contributed by atoms with E-state index in [0.29, 0.717) is 28.5 Å². The smallest absolute Gasteiger partial charge is 0.252 e. The maximum Gasteiger partial charge on any atom is 0.252 e. The number of carbonyl (C=O) groups excluding carboxylic acids is 2. The first-order valence-corrected chi connectivity index (χ1v) is 12.7. The highest BCUT2D eigenvalue weighted by molar-refractivity contribution is 7.89. The first-order valence-electron chi connectivity index (χ1n) is 11.3. The van der Waals surface area contributed by atoms with Gasteiger partial charge in [0.15, 0.2) is 11.5 Å². The minimum Gasteiger partial charge on any atom is -0.497 e. The molecule has 1 atom stereocenters. The van der Waals surface area contributed by atoms with E-state index >= 15 is 0 Å². The molecule has 0 saturated carbocycles. The average Bonchev–Trinajstić information content (AvgIpc) is 3.46. The number of imide groups is 1. The molecular weight excluding hydrogens is 484 g/mol. The van der Waals surface area contributed by atoms with Crippen LogP contribution in [0, 0.1) is 6.92 Å². The van der Waals surface area contributed by atoms with Crippen LogP contribution < -0.4 is 19.1 Å². The lowest BCUT2D eigenvalue weighted by Crippen LogP contribution is -2.45. The Labute approximate surface area is 208 Å². The van der Waals surface area contributed by atoms with Crippen molar-refractivity contribution in [3.05, 3.63) is 77.9 Å². The Balaban J connectivity index is 1.53. The van der Waals surface area contributed by atoms with Crippen LogP contribution in [0.25, 0.3) is 0 Å². The molecule has 0 N–H and O–H groups in total. The molecule has 9 nitrogen and oxygen atoms in total. The molecule has 2 aliphatic rings. The molecule has 0 radical (unpaired) electrons. The van der Waals surface area contributed by atoms with Gasteiger partial charge in [0.05, 0.1) is 24.1 Å². The van der Waals surface area contributed by atoms with E-state index in [-0.39, 0.29) is 24.7 Å². The molecule has 0 aliphatic carbocycles. The number of anilines is 1. The van der Waals surface area contributed by atoms with Gasteiger partial charge in [0.25, 0.3) is 5.91 Å². The van der Waals surface area contributed by atoms with E-state index < -0.39 is 27.9 Å². The second-order valence-electron chi connectivity index (χ2n) is 8.54. The number of ether oxygens (including phenoxy) is 3.